The lowest BCUT2D eigenvalue weighted by Gasteiger charge is -2.44. The van der Waals surface area contributed by atoms with Crippen LogP contribution < -0.4 is 0 Å². The number of fused-ring (bicyclic) bond motifs is 3. The maximum Gasteiger partial charge on any atom is 0.224 e. The van der Waals surface area contributed by atoms with E-state index in [1.165, 1.54) is 0 Å². The Bertz CT molecular complexity index is 1030. The predicted molar refractivity (Wildman–Crippen MR) is 110 cm³/mol. The molecule has 6 nitrogen and oxygen atoms in total. The number of aromatic nitrogens is 3. The number of carbonyl (C=O) groups excluding carboxylic acids is 1. The molecule has 5 rings (SSSR count). The first-order valence-corrected chi connectivity index (χ1v) is 10.4. The van der Waals surface area contributed by atoms with Crippen molar-refractivity contribution in [2.24, 2.45) is 0 Å². The van der Waals surface area contributed by atoms with Gasteiger partial charge < -0.3 is 14.6 Å². The number of benzene rings is 1. The van der Waals surface area contributed by atoms with Crippen LogP contribution in [0.1, 0.15) is 43.5 Å². The highest BCUT2D eigenvalue weighted by molar-refractivity contribution is 5.79. The van der Waals surface area contributed by atoms with Crippen molar-refractivity contribution >= 4 is 16.9 Å². The Hall–Kier alpha value is -2.73. The third-order valence-electron chi connectivity index (χ3n) is 6.67. The highest BCUT2D eigenvalue weighted by Gasteiger charge is 2.49. The lowest BCUT2D eigenvalue weighted by molar-refractivity contribution is -0.142. The minimum absolute atomic E-state index is 0.111. The van der Waals surface area contributed by atoms with Gasteiger partial charge in [-0.25, -0.2) is 4.98 Å². The molecule has 2 aliphatic rings. The van der Waals surface area contributed by atoms with Crippen LogP contribution in [0.5, 0.6) is 0 Å². The van der Waals surface area contributed by atoms with E-state index in [4.69, 9.17) is 0 Å². The zero-order valence-electron chi connectivity index (χ0n) is 16.7. The molecular formula is C23H26N4O2. The molecule has 4 heterocycles. The Kier molecular flexibility index (Phi) is 4.39. The van der Waals surface area contributed by atoms with Crippen LogP contribution in [0.3, 0.4) is 0 Å². The zero-order chi connectivity index (χ0) is 20.0. The molecule has 2 bridgehead atoms. The Morgan fingerprint density at radius 2 is 1.83 bits per heavy atom. The number of hydrogen-bond donors (Lipinski definition) is 1. The predicted octanol–water partition coefficient (Wildman–Crippen LogP) is 3.17. The first kappa shape index (κ1) is 18.3. The Labute approximate surface area is 170 Å². The summed E-state index contributed by atoms with van der Waals surface area (Å²) in [7, 11) is 0. The fraction of sp³-hybridized carbons (Fsp3) is 0.435. The summed E-state index contributed by atoms with van der Waals surface area (Å²) in [5.74, 6) is 1.12. The van der Waals surface area contributed by atoms with Crippen molar-refractivity contribution in [2.45, 2.75) is 63.3 Å². The largest absolute Gasteiger partial charge is 0.385 e. The van der Waals surface area contributed by atoms with E-state index in [1.807, 2.05) is 37.3 Å². The van der Waals surface area contributed by atoms with E-state index in [2.05, 4.69) is 25.5 Å². The van der Waals surface area contributed by atoms with E-state index in [0.29, 0.717) is 25.8 Å². The van der Waals surface area contributed by atoms with Crippen LogP contribution in [0.2, 0.25) is 0 Å². The van der Waals surface area contributed by atoms with Gasteiger partial charge in [-0.3, -0.25) is 9.78 Å². The second kappa shape index (κ2) is 6.95. The van der Waals surface area contributed by atoms with E-state index in [1.54, 1.807) is 12.4 Å². The highest BCUT2D eigenvalue weighted by atomic mass is 16.3. The lowest BCUT2D eigenvalue weighted by Crippen LogP contribution is -2.52. The van der Waals surface area contributed by atoms with Crippen LogP contribution >= 0.6 is 0 Å². The minimum atomic E-state index is -0.858. The van der Waals surface area contributed by atoms with E-state index >= 15 is 0 Å². The summed E-state index contributed by atoms with van der Waals surface area (Å²) in [6.45, 7) is 2.62. The monoisotopic (exact) mass is 390 g/mol. The summed E-state index contributed by atoms with van der Waals surface area (Å²) >= 11 is 0. The van der Waals surface area contributed by atoms with Crippen LogP contribution in [0, 0.1) is 6.92 Å². The molecular weight excluding hydrogens is 364 g/mol. The van der Waals surface area contributed by atoms with Crippen molar-refractivity contribution in [1.82, 2.24) is 19.4 Å². The molecule has 2 atom stereocenters. The number of aryl methyl sites for hydroxylation is 2. The summed E-state index contributed by atoms with van der Waals surface area (Å²) in [5, 5.41) is 11.3. The SMILES string of the molecule is Cc1nc2ccccc2n1CCC(=O)N1C2CCC1CC(O)(c1ccncc1)C2. The molecule has 150 valence electrons. The Balaban J connectivity index is 1.31. The van der Waals surface area contributed by atoms with Crippen LogP contribution in [-0.2, 0) is 16.9 Å². The summed E-state index contributed by atoms with van der Waals surface area (Å²) in [5.41, 5.74) is 2.10. The summed E-state index contributed by atoms with van der Waals surface area (Å²) in [6.07, 6.45) is 7.06. The van der Waals surface area contributed by atoms with Gasteiger partial charge in [0.2, 0.25) is 5.91 Å². The number of hydrogen-bond acceptors (Lipinski definition) is 4. The van der Waals surface area contributed by atoms with Gasteiger partial charge in [-0.2, -0.15) is 0 Å². The van der Waals surface area contributed by atoms with Crippen LogP contribution in [-0.4, -0.2) is 42.5 Å². The number of nitrogens with zero attached hydrogens (tertiary/aromatic N) is 4. The quantitative estimate of drug-likeness (QED) is 0.743. The van der Waals surface area contributed by atoms with E-state index < -0.39 is 5.60 Å². The summed E-state index contributed by atoms with van der Waals surface area (Å²) < 4.78 is 2.13. The molecule has 3 aromatic rings. The lowest BCUT2D eigenvalue weighted by atomic mass is 9.81. The van der Waals surface area contributed by atoms with Gasteiger partial charge in [0.25, 0.3) is 0 Å². The molecule has 0 aliphatic carbocycles. The van der Waals surface area contributed by atoms with Crippen molar-refractivity contribution in [3.8, 4) is 0 Å². The van der Waals surface area contributed by atoms with Gasteiger partial charge in [-0.05, 0) is 49.6 Å². The molecule has 0 spiro atoms. The van der Waals surface area contributed by atoms with E-state index in [9.17, 15) is 9.90 Å². The fourth-order valence-corrected chi connectivity index (χ4v) is 5.34. The smallest absolute Gasteiger partial charge is 0.224 e. The van der Waals surface area contributed by atoms with Gasteiger partial charge in [-0.15, -0.1) is 0 Å². The van der Waals surface area contributed by atoms with Gasteiger partial charge in [0, 0.05) is 50.3 Å². The molecule has 2 fully saturated rings. The number of para-hydroxylation sites is 2. The maximum atomic E-state index is 13.1. The average molecular weight is 390 g/mol. The fourth-order valence-electron chi connectivity index (χ4n) is 5.34. The second-order valence-electron chi connectivity index (χ2n) is 8.41. The number of amides is 1. The van der Waals surface area contributed by atoms with E-state index in [0.717, 1.165) is 35.3 Å². The number of imidazole rings is 1. The van der Waals surface area contributed by atoms with Crippen LogP contribution in [0.15, 0.2) is 48.8 Å². The van der Waals surface area contributed by atoms with Gasteiger partial charge in [0.1, 0.15) is 5.82 Å². The number of piperidine rings is 1. The molecule has 1 amide bonds. The molecule has 0 saturated carbocycles. The van der Waals surface area contributed by atoms with Crippen LogP contribution in [0.4, 0.5) is 0 Å². The third kappa shape index (κ3) is 3.12. The van der Waals surface area contributed by atoms with Crippen LogP contribution in [0.25, 0.3) is 11.0 Å². The molecule has 1 aromatic carbocycles. The van der Waals surface area contributed by atoms with Crippen molar-refractivity contribution < 1.29 is 9.90 Å². The number of rotatable bonds is 4. The minimum Gasteiger partial charge on any atom is -0.385 e. The normalized spacial score (nSPS) is 26.2. The zero-order valence-corrected chi connectivity index (χ0v) is 16.7. The number of pyridine rings is 1. The summed E-state index contributed by atoms with van der Waals surface area (Å²) in [6, 6.07) is 12.1. The second-order valence-corrected chi connectivity index (χ2v) is 8.41. The number of carbonyl (C=O) groups is 1. The van der Waals surface area contributed by atoms with Gasteiger partial charge in [0.15, 0.2) is 0 Å². The van der Waals surface area contributed by atoms with E-state index in [-0.39, 0.29) is 18.0 Å². The maximum absolute atomic E-state index is 13.1. The van der Waals surface area contributed by atoms with Crippen molar-refractivity contribution in [2.75, 3.05) is 0 Å². The first-order valence-electron chi connectivity index (χ1n) is 10.4. The molecule has 2 saturated heterocycles. The van der Waals surface area contributed by atoms with Crippen molar-refractivity contribution in [3.63, 3.8) is 0 Å². The van der Waals surface area contributed by atoms with Gasteiger partial charge >= 0.3 is 0 Å². The first-order chi connectivity index (χ1) is 14.0. The Morgan fingerprint density at radius 3 is 2.55 bits per heavy atom. The third-order valence-corrected chi connectivity index (χ3v) is 6.67. The average Bonchev–Trinajstić information content (AvgIpc) is 3.20. The molecule has 2 aliphatic heterocycles. The molecule has 2 unspecified atom stereocenters. The van der Waals surface area contributed by atoms with Gasteiger partial charge in [0.05, 0.1) is 16.6 Å². The molecule has 1 N–H and O–H groups in total. The van der Waals surface area contributed by atoms with Crippen molar-refractivity contribution in [3.05, 3.63) is 60.2 Å². The van der Waals surface area contributed by atoms with Crippen molar-refractivity contribution in [1.29, 1.82) is 0 Å². The molecule has 2 aromatic heterocycles. The number of aliphatic hydroxyl groups is 1. The molecule has 29 heavy (non-hydrogen) atoms. The standard InChI is InChI=1S/C23H26N4O2/c1-16-25-20-4-2-3-5-21(20)26(16)13-10-22(28)27-18-6-7-19(27)15-23(29,14-18)17-8-11-24-12-9-17/h2-5,8-9,11-12,18-19,29H,6-7,10,13-15H2,1H3. The Morgan fingerprint density at radius 1 is 1.14 bits per heavy atom. The highest BCUT2D eigenvalue weighted by Crippen LogP contribution is 2.45. The topological polar surface area (TPSA) is 71.2 Å². The van der Waals surface area contributed by atoms with Gasteiger partial charge in [-0.1, -0.05) is 12.1 Å². The summed E-state index contributed by atoms with van der Waals surface area (Å²) in [4.78, 5) is 23.9. The molecule has 0 radical (unpaired) electrons. The molecule has 6 heteroatoms.